The molecule has 0 aliphatic carbocycles. The molecule has 0 saturated carbocycles. The van der Waals surface area contributed by atoms with Gasteiger partial charge in [0.15, 0.2) is 0 Å². The molecular formula is C17H21N3O5S. The number of carbonyl (C=O) groups is 1. The van der Waals surface area contributed by atoms with Gasteiger partial charge in [0, 0.05) is 24.5 Å². The molecule has 1 amide bonds. The van der Waals surface area contributed by atoms with Gasteiger partial charge in [-0.3, -0.25) is 9.78 Å². The van der Waals surface area contributed by atoms with Crippen LogP contribution in [0, 0.1) is 0 Å². The Morgan fingerprint density at radius 2 is 1.85 bits per heavy atom. The van der Waals surface area contributed by atoms with E-state index in [0.717, 1.165) is 5.56 Å². The highest BCUT2D eigenvalue weighted by Gasteiger charge is 2.17. The molecule has 0 fully saturated rings. The number of pyridine rings is 1. The van der Waals surface area contributed by atoms with Gasteiger partial charge in [-0.25, -0.2) is 13.1 Å². The van der Waals surface area contributed by atoms with Crippen LogP contribution in [0.5, 0.6) is 11.5 Å². The number of nitrogens with one attached hydrogen (secondary N) is 2. The maximum atomic E-state index is 12.3. The topological polar surface area (TPSA) is 107 Å². The number of hydrogen-bond donors (Lipinski definition) is 2. The first-order valence-corrected chi connectivity index (χ1v) is 9.42. The minimum Gasteiger partial charge on any atom is -0.497 e. The van der Waals surface area contributed by atoms with Crippen molar-refractivity contribution >= 4 is 15.9 Å². The molecule has 2 rings (SSSR count). The summed E-state index contributed by atoms with van der Waals surface area (Å²) in [6.07, 6.45) is 3.23. The van der Waals surface area contributed by atoms with Crippen molar-refractivity contribution in [3.63, 3.8) is 0 Å². The summed E-state index contributed by atoms with van der Waals surface area (Å²) in [5.41, 5.74) is 1.31. The van der Waals surface area contributed by atoms with Gasteiger partial charge in [0.1, 0.15) is 11.5 Å². The Morgan fingerprint density at radius 3 is 2.50 bits per heavy atom. The molecule has 1 aromatic heterocycles. The van der Waals surface area contributed by atoms with Gasteiger partial charge in [0.05, 0.1) is 26.5 Å². The van der Waals surface area contributed by atoms with E-state index in [9.17, 15) is 13.2 Å². The Labute approximate surface area is 152 Å². The maximum Gasteiger partial charge on any atom is 0.235 e. The first kappa shape index (κ1) is 19.7. The minimum atomic E-state index is -3.73. The Hall–Kier alpha value is -2.65. The summed E-state index contributed by atoms with van der Waals surface area (Å²) in [5.74, 6) is 0.192. The number of benzene rings is 1. The quantitative estimate of drug-likeness (QED) is 0.669. The SMILES string of the molecule is COc1ccc(OC)c(CS(=O)(=O)NCC(=O)NCc2ccncc2)c1. The van der Waals surface area contributed by atoms with Crippen molar-refractivity contribution in [1.29, 1.82) is 0 Å². The van der Waals surface area contributed by atoms with Crippen molar-refractivity contribution in [2.75, 3.05) is 20.8 Å². The number of nitrogens with zero attached hydrogens (tertiary/aromatic N) is 1. The van der Waals surface area contributed by atoms with Crippen LogP contribution in [0.25, 0.3) is 0 Å². The first-order valence-electron chi connectivity index (χ1n) is 7.77. The van der Waals surface area contributed by atoms with E-state index in [1.807, 2.05) is 0 Å². The van der Waals surface area contributed by atoms with E-state index in [2.05, 4.69) is 15.0 Å². The zero-order valence-electron chi connectivity index (χ0n) is 14.6. The third-order valence-electron chi connectivity index (χ3n) is 3.52. The van der Waals surface area contributed by atoms with Crippen molar-refractivity contribution in [1.82, 2.24) is 15.0 Å². The molecule has 0 bridgehead atoms. The Balaban J connectivity index is 1.91. The van der Waals surface area contributed by atoms with Crippen LogP contribution in [0.4, 0.5) is 0 Å². The fraction of sp³-hybridized carbons (Fsp3) is 0.294. The molecule has 26 heavy (non-hydrogen) atoms. The lowest BCUT2D eigenvalue weighted by atomic mass is 10.2. The number of amides is 1. The second kappa shape index (κ2) is 9.16. The molecule has 9 heteroatoms. The highest BCUT2D eigenvalue weighted by molar-refractivity contribution is 7.88. The van der Waals surface area contributed by atoms with E-state index in [4.69, 9.17) is 9.47 Å². The van der Waals surface area contributed by atoms with Gasteiger partial charge in [-0.2, -0.15) is 0 Å². The lowest BCUT2D eigenvalue weighted by Gasteiger charge is -2.12. The van der Waals surface area contributed by atoms with Crippen LogP contribution in [0.15, 0.2) is 42.7 Å². The van der Waals surface area contributed by atoms with Gasteiger partial charge >= 0.3 is 0 Å². The number of aromatic nitrogens is 1. The number of rotatable bonds is 9. The summed E-state index contributed by atoms with van der Waals surface area (Å²) < 4.78 is 37.1. The molecule has 0 saturated heterocycles. The van der Waals surface area contributed by atoms with Crippen LogP contribution in [0.2, 0.25) is 0 Å². The normalized spacial score (nSPS) is 11.0. The third kappa shape index (κ3) is 6.01. The second-order valence-corrected chi connectivity index (χ2v) is 7.20. The summed E-state index contributed by atoms with van der Waals surface area (Å²) in [7, 11) is -0.779. The average molecular weight is 379 g/mol. The lowest BCUT2D eigenvalue weighted by Crippen LogP contribution is -2.37. The van der Waals surface area contributed by atoms with E-state index in [0.29, 0.717) is 23.6 Å². The molecule has 0 unspecified atom stereocenters. The number of methoxy groups -OCH3 is 2. The van der Waals surface area contributed by atoms with Gasteiger partial charge in [-0.05, 0) is 35.9 Å². The van der Waals surface area contributed by atoms with Crippen LogP contribution in [0.3, 0.4) is 0 Å². The highest BCUT2D eigenvalue weighted by Crippen LogP contribution is 2.25. The van der Waals surface area contributed by atoms with E-state index >= 15 is 0 Å². The molecule has 0 radical (unpaired) electrons. The number of hydrogen-bond acceptors (Lipinski definition) is 6. The Kier molecular flexibility index (Phi) is 6.93. The van der Waals surface area contributed by atoms with Crippen LogP contribution in [0.1, 0.15) is 11.1 Å². The van der Waals surface area contributed by atoms with Crippen molar-refractivity contribution in [3.05, 3.63) is 53.9 Å². The summed E-state index contributed by atoms with van der Waals surface area (Å²) in [5, 5.41) is 2.64. The zero-order chi connectivity index (χ0) is 19.0. The van der Waals surface area contributed by atoms with Gasteiger partial charge in [-0.1, -0.05) is 0 Å². The summed E-state index contributed by atoms with van der Waals surface area (Å²) >= 11 is 0. The van der Waals surface area contributed by atoms with E-state index in [1.54, 1.807) is 42.7 Å². The minimum absolute atomic E-state index is 0.298. The summed E-state index contributed by atoms with van der Waals surface area (Å²) in [6.45, 7) is -0.0491. The van der Waals surface area contributed by atoms with Crippen molar-refractivity contribution < 1.29 is 22.7 Å². The van der Waals surface area contributed by atoms with E-state index in [1.165, 1.54) is 14.2 Å². The van der Waals surface area contributed by atoms with Gasteiger partial charge in [0.25, 0.3) is 0 Å². The zero-order valence-corrected chi connectivity index (χ0v) is 15.4. The number of carbonyl (C=O) groups excluding carboxylic acids is 1. The first-order chi connectivity index (χ1) is 12.4. The molecule has 2 N–H and O–H groups in total. The monoisotopic (exact) mass is 379 g/mol. The molecule has 0 spiro atoms. The van der Waals surface area contributed by atoms with Crippen molar-refractivity contribution in [3.8, 4) is 11.5 Å². The smallest absolute Gasteiger partial charge is 0.235 e. The summed E-state index contributed by atoms with van der Waals surface area (Å²) in [6, 6.07) is 8.42. The predicted molar refractivity (Wildman–Crippen MR) is 96.3 cm³/mol. The van der Waals surface area contributed by atoms with Crippen molar-refractivity contribution in [2.24, 2.45) is 0 Å². The van der Waals surface area contributed by atoms with Crippen LogP contribution in [-0.2, 0) is 27.1 Å². The number of ether oxygens (including phenoxy) is 2. The molecule has 1 heterocycles. The number of sulfonamides is 1. The summed E-state index contributed by atoms with van der Waals surface area (Å²) in [4.78, 5) is 15.7. The Morgan fingerprint density at radius 1 is 1.12 bits per heavy atom. The lowest BCUT2D eigenvalue weighted by molar-refractivity contribution is -0.120. The largest absolute Gasteiger partial charge is 0.497 e. The second-order valence-electron chi connectivity index (χ2n) is 5.39. The standard InChI is InChI=1S/C17H21N3O5S/c1-24-15-3-4-16(25-2)14(9-15)12-26(22,23)20-11-17(21)19-10-13-5-7-18-8-6-13/h3-9,20H,10-12H2,1-2H3,(H,19,21). The molecule has 0 aliphatic heterocycles. The predicted octanol–water partition coefficient (Wildman–Crippen LogP) is 0.835. The fourth-order valence-electron chi connectivity index (χ4n) is 2.19. The average Bonchev–Trinajstić information content (AvgIpc) is 2.65. The third-order valence-corrected chi connectivity index (χ3v) is 4.80. The molecule has 1 aromatic carbocycles. The van der Waals surface area contributed by atoms with Crippen LogP contribution in [-0.4, -0.2) is 40.1 Å². The maximum absolute atomic E-state index is 12.3. The Bertz CT molecular complexity index is 841. The molecule has 2 aromatic rings. The molecule has 8 nitrogen and oxygen atoms in total. The van der Waals surface area contributed by atoms with Gasteiger partial charge in [-0.15, -0.1) is 0 Å². The molecule has 0 aliphatic rings. The van der Waals surface area contributed by atoms with Gasteiger partial charge in [0.2, 0.25) is 15.9 Å². The van der Waals surface area contributed by atoms with Gasteiger partial charge < -0.3 is 14.8 Å². The van der Waals surface area contributed by atoms with E-state index < -0.39 is 15.9 Å². The fourth-order valence-corrected chi connectivity index (χ4v) is 3.28. The molecule has 140 valence electrons. The molecular weight excluding hydrogens is 358 g/mol. The highest BCUT2D eigenvalue weighted by atomic mass is 32.2. The van der Waals surface area contributed by atoms with Crippen LogP contribution < -0.4 is 19.5 Å². The van der Waals surface area contributed by atoms with Crippen LogP contribution >= 0.6 is 0 Å². The van der Waals surface area contributed by atoms with E-state index in [-0.39, 0.29) is 12.3 Å². The van der Waals surface area contributed by atoms with Crippen molar-refractivity contribution in [2.45, 2.75) is 12.3 Å². The molecule has 0 atom stereocenters.